The molecule has 3 heterocycles. The Balaban J connectivity index is 0.826. The largest absolute Gasteiger partial charge is 0.278 e. The maximum absolute atomic E-state index is 5.43. The van der Waals surface area contributed by atoms with Gasteiger partial charge in [-0.3, -0.25) is 4.57 Å². The van der Waals surface area contributed by atoms with Gasteiger partial charge in [0.2, 0.25) is 5.95 Å². The van der Waals surface area contributed by atoms with Crippen LogP contribution in [0.5, 0.6) is 0 Å². The molecule has 0 unspecified atom stereocenters. The first-order chi connectivity index (χ1) is 41.1. The number of hydrogen-bond acceptors (Lipinski definition) is 4. The second-order valence-electron chi connectivity index (χ2n) is 21.7. The van der Waals surface area contributed by atoms with Crippen LogP contribution >= 0.6 is 0 Å². The summed E-state index contributed by atoms with van der Waals surface area (Å²) in [7, 11) is 0. The molecule has 0 saturated heterocycles. The molecular formula is C78H47N5. The molecule has 0 atom stereocenters. The van der Waals surface area contributed by atoms with E-state index in [1.807, 2.05) is 0 Å². The maximum atomic E-state index is 5.43. The van der Waals surface area contributed by atoms with Gasteiger partial charge in [-0.25, -0.2) is 9.97 Å². The van der Waals surface area contributed by atoms with Crippen molar-refractivity contribution < 1.29 is 0 Å². The van der Waals surface area contributed by atoms with Crippen molar-refractivity contribution in [1.82, 2.24) is 24.5 Å². The number of nitrogens with zero attached hydrogens (tertiary/aromatic N) is 5. The zero-order chi connectivity index (χ0) is 54.5. The zero-order valence-corrected chi connectivity index (χ0v) is 44.9. The van der Waals surface area contributed by atoms with Crippen LogP contribution in [0.4, 0.5) is 0 Å². The molecule has 0 radical (unpaired) electrons. The van der Waals surface area contributed by atoms with E-state index >= 15 is 0 Å². The number of para-hydroxylation sites is 2. The predicted molar refractivity (Wildman–Crippen MR) is 347 cm³/mol. The Morgan fingerprint density at radius 1 is 0.205 bits per heavy atom. The van der Waals surface area contributed by atoms with E-state index in [9.17, 15) is 0 Å². The average molecular weight is 1050 g/mol. The molecule has 5 nitrogen and oxygen atoms in total. The Morgan fingerprint density at radius 2 is 0.627 bits per heavy atom. The van der Waals surface area contributed by atoms with Crippen molar-refractivity contribution in [2.75, 3.05) is 0 Å². The summed E-state index contributed by atoms with van der Waals surface area (Å²) >= 11 is 0. The van der Waals surface area contributed by atoms with Crippen molar-refractivity contribution in [3.05, 3.63) is 285 Å². The van der Waals surface area contributed by atoms with Crippen molar-refractivity contribution in [3.63, 3.8) is 0 Å². The Labute approximate surface area is 477 Å². The SMILES string of the molecule is c1ccc(-c2cc(-c3ccccc3)nc(-c3ccc4ccc5c(-c6ccc7c8cc(-c9nc(-c%10ccc%11ccc%12ccccc%12c%11c%10)nc(-n%10c%11ccccc%11c%11ccccc%11%10)n9)ccc8c8ccccc8c7c6)cccc5c4c3)c2)cc1. The summed E-state index contributed by atoms with van der Waals surface area (Å²) < 4.78 is 2.19. The van der Waals surface area contributed by atoms with Gasteiger partial charge in [0.15, 0.2) is 11.6 Å². The number of rotatable bonds is 7. The minimum atomic E-state index is 0.568. The minimum Gasteiger partial charge on any atom is -0.278 e. The lowest BCUT2D eigenvalue weighted by atomic mass is 9.89. The van der Waals surface area contributed by atoms with E-state index in [1.165, 1.54) is 64.8 Å². The van der Waals surface area contributed by atoms with Gasteiger partial charge in [0.25, 0.3) is 0 Å². The van der Waals surface area contributed by atoms with Crippen LogP contribution in [-0.4, -0.2) is 24.5 Å². The minimum absolute atomic E-state index is 0.568. The smallest absolute Gasteiger partial charge is 0.238 e. The molecule has 17 rings (SSSR count). The monoisotopic (exact) mass is 1050 g/mol. The van der Waals surface area contributed by atoms with E-state index in [-0.39, 0.29) is 0 Å². The molecule has 0 amide bonds. The van der Waals surface area contributed by atoms with E-state index in [1.54, 1.807) is 0 Å². The first-order valence-electron chi connectivity index (χ1n) is 28.3. The van der Waals surface area contributed by atoms with Crippen LogP contribution in [0.1, 0.15) is 0 Å². The van der Waals surface area contributed by atoms with Gasteiger partial charge < -0.3 is 0 Å². The normalized spacial score (nSPS) is 11.9. The molecule has 384 valence electrons. The first-order valence-corrected chi connectivity index (χ1v) is 28.3. The summed E-state index contributed by atoms with van der Waals surface area (Å²) in [4.78, 5) is 21.5. The number of pyridine rings is 1. The predicted octanol–water partition coefficient (Wildman–Crippen LogP) is 20.4. The average Bonchev–Trinajstić information content (AvgIpc) is 3.22. The van der Waals surface area contributed by atoms with Crippen LogP contribution < -0.4 is 0 Å². The van der Waals surface area contributed by atoms with Crippen LogP contribution in [0, 0.1) is 0 Å². The molecule has 0 aliphatic rings. The number of hydrogen-bond donors (Lipinski definition) is 0. The number of aromatic nitrogens is 5. The van der Waals surface area contributed by atoms with Crippen molar-refractivity contribution in [1.29, 1.82) is 0 Å². The van der Waals surface area contributed by atoms with Crippen LogP contribution in [-0.2, 0) is 0 Å². The topological polar surface area (TPSA) is 56.5 Å². The highest BCUT2D eigenvalue weighted by atomic mass is 15.2. The third-order valence-electron chi connectivity index (χ3n) is 17.0. The molecule has 0 aliphatic heterocycles. The summed E-state index contributed by atoms with van der Waals surface area (Å²) in [6.45, 7) is 0. The van der Waals surface area contributed by atoms with E-state index in [0.717, 1.165) is 88.3 Å². The lowest BCUT2D eigenvalue weighted by Gasteiger charge is -2.15. The Kier molecular flexibility index (Phi) is 10.6. The van der Waals surface area contributed by atoms with Gasteiger partial charge in [0, 0.05) is 33.0 Å². The van der Waals surface area contributed by atoms with Crippen LogP contribution in [0.2, 0.25) is 0 Å². The van der Waals surface area contributed by atoms with Crippen LogP contribution in [0.25, 0.3) is 171 Å². The second kappa shape index (κ2) is 18.7. The highest BCUT2D eigenvalue weighted by Gasteiger charge is 2.20. The van der Waals surface area contributed by atoms with Crippen LogP contribution in [0.3, 0.4) is 0 Å². The fourth-order valence-electron chi connectivity index (χ4n) is 13.0. The number of fused-ring (bicyclic) bond motifs is 15. The van der Waals surface area contributed by atoms with Crippen molar-refractivity contribution in [2.24, 2.45) is 0 Å². The van der Waals surface area contributed by atoms with Gasteiger partial charge in [-0.05, 0) is 146 Å². The van der Waals surface area contributed by atoms with Gasteiger partial charge in [0.05, 0.1) is 22.4 Å². The summed E-state index contributed by atoms with van der Waals surface area (Å²) in [6, 6.07) is 103. The standard InChI is InChI=1S/C78H47N5/c1-3-16-48(17-4-1)57-46-72(52-19-5-2-6-20-52)79-73(47-57)54-34-32-51-36-39-63-59(26-15-27-61(63)69(51)43-54)53-37-40-65-70(42-53)62-23-10-9-22-60(62)64-41-38-56(45-71(64)65)77-80-76(55-35-33-50-31-30-49-18-7-8-21-58(49)68(50)44-55)81-78(82-77)83-74-28-13-11-24-66(74)67-25-12-14-29-75(67)83/h1-47H. The molecule has 3 aromatic heterocycles. The lowest BCUT2D eigenvalue weighted by molar-refractivity contribution is 0.954. The molecule has 0 N–H and O–H groups in total. The summed E-state index contributed by atoms with van der Waals surface area (Å²) in [5.41, 5.74) is 12.6. The third kappa shape index (κ3) is 7.70. The molecule has 0 aliphatic carbocycles. The van der Waals surface area contributed by atoms with Crippen molar-refractivity contribution in [3.8, 4) is 73.5 Å². The molecule has 14 aromatic carbocycles. The van der Waals surface area contributed by atoms with E-state index < -0.39 is 0 Å². The second-order valence-corrected chi connectivity index (χ2v) is 21.7. The van der Waals surface area contributed by atoms with Gasteiger partial charge in [-0.1, -0.05) is 237 Å². The molecule has 0 saturated carbocycles. The number of benzene rings is 14. The van der Waals surface area contributed by atoms with Gasteiger partial charge >= 0.3 is 0 Å². The lowest BCUT2D eigenvalue weighted by Crippen LogP contribution is -2.06. The Bertz CT molecular complexity index is 5400. The van der Waals surface area contributed by atoms with Gasteiger partial charge in [-0.2, -0.15) is 9.97 Å². The summed E-state index contributed by atoms with van der Waals surface area (Å²) in [5, 5.41) is 18.9. The van der Waals surface area contributed by atoms with Crippen LogP contribution in [0.15, 0.2) is 285 Å². The van der Waals surface area contributed by atoms with Crippen molar-refractivity contribution >= 4 is 97.2 Å². The van der Waals surface area contributed by atoms with Crippen molar-refractivity contribution in [2.45, 2.75) is 0 Å². The first kappa shape index (κ1) is 46.7. The Morgan fingerprint density at radius 3 is 1.33 bits per heavy atom. The van der Waals surface area contributed by atoms with E-state index in [2.05, 4.69) is 290 Å². The van der Waals surface area contributed by atoms with Gasteiger partial charge in [-0.15, -0.1) is 0 Å². The molecule has 5 heteroatoms. The third-order valence-corrected chi connectivity index (χ3v) is 17.0. The molecule has 0 bridgehead atoms. The molecule has 17 aromatic rings. The van der Waals surface area contributed by atoms with Gasteiger partial charge in [0.1, 0.15) is 0 Å². The summed E-state index contributed by atoms with van der Waals surface area (Å²) in [5.74, 6) is 1.78. The molecular weight excluding hydrogens is 1010 g/mol. The fourth-order valence-corrected chi connectivity index (χ4v) is 13.0. The zero-order valence-electron chi connectivity index (χ0n) is 44.9. The van der Waals surface area contributed by atoms with E-state index in [4.69, 9.17) is 19.9 Å². The van der Waals surface area contributed by atoms with E-state index in [0.29, 0.717) is 17.6 Å². The quantitative estimate of drug-likeness (QED) is 0.149. The Hall–Kier alpha value is -11.1. The fraction of sp³-hybridized carbons (Fsp3) is 0. The maximum Gasteiger partial charge on any atom is 0.238 e. The summed E-state index contributed by atoms with van der Waals surface area (Å²) in [6.07, 6.45) is 0. The highest BCUT2D eigenvalue weighted by Crippen LogP contribution is 2.43. The molecule has 0 fully saturated rings. The molecule has 0 spiro atoms. The molecule has 83 heavy (non-hydrogen) atoms. The highest BCUT2D eigenvalue weighted by molar-refractivity contribution is 6.27.